The fourth-order valence-electron chi connectivity index (χ4n) is 2.53. The van der Waals surface area contributed by atoms with Crippen LogP contribution in [0, 0.1) is 0 Å². The van der Waals surface area contributed by atoms with Gasteiger partial charge >= 0.3 is 8.80 Å². The van der Waals surface area contributed by atoms with Gasteiger partial charge in [0.05, 0.1) is 0 Å². The molecule has 0 amide bonds. The zero-order valence-corrected chi connectivity index (χ0v) is 17.6. The smallest absolute Gasteiger partial charge is 0.370 e. The third-order valence-electron chi connectivity index (χ3n) is 4.15. The highest BCUT2D eigenvalue weighted by Gasteiger charge is 2.37. The third kappa shape index (κ3) is 13.2. The molecule has 0 aliphatic rings. The summed E-state index contributed by atoms with van der Waals surface area (Å²) in [6, 6.07) is 0. The van der Waals surface area contributed by atoms with Crippen LogP contribution in [0.4, 0.5) is 0 Å². The maximum Gasteiger partial charge on any atom is 0.529 e. The van der Waals surface area contributed by atoms with Gasteiger partial charge in [-0.25, -0.2) is 0 Å². The van der Waals surface area contributed by atoms with Crippen molar-refractivity contribution in [2.75, 3.05) is 19.8 Å². The van der Waals surface area contributed by atoms with E-state index < -0.39 is 8.80 Å². The van der Waals surface area contributed by atoms with E-state index in [1.54, 1.807) is 0 Å². The Morgan fingerprint density at radius 3 is 1.17 bits per heavy atom. The Morgan fingerprint density at radius 2 is 0.917 bits per heavy atom. The normalized spacial score (nSPS) is 11.8. The largest absolute Gasteiger partial charge is 0.529 e. The molecule has 0 radical (unpaired) electrons. The predicted octanol–water partition coefficient (Wildman–Crippen LogP) is 6.44. The molecule has 0 aliphatic heterocycles. The first-order valence-corrected chi connectivity index (χ1v) is 12.1. The van der Waals surface area contributed by atoms with Gasteiger partial charge < -0.3 is 13.3 Å². The van der Waals surface area contributed by atoms with E-state index in [0.717, 1.165) is 39.1 Å². The van der Waals surface area contributed by atoms with Gasteiger partial charge in [-0.05, 0) is 25.0 Å². The molecule has 24 heavy (non-hydrogen) atoms. The van der Waals surface area contributed by atoms with Gasteiger partial charge in [-0.15, -0.1) is 0 Å². The second-order valence-electron chi connectivity index (χ2n) is 6.54. The minimum atomic E-state index is -2.69. The number of hydrogen-bond donors (Lipinski definition) is 0. The maximum atomic E-state index is 6.11. The summed E-state index contributed by atoms with van der Waals surface area (Å²) in [7, 11) is -2.69. The van der Waals surface area contributed by atoms with Gasteiger partial charge in [0.25, 0.3) is 0 Å². The highest BCUT2D eigenvalue weighted by Crippen LogP contribution is 2.15. The van der Waals surface area contributed by atoms with Gasteiger partial charge in [0.1, 0.15) is 0 Å². The summed E-state index contributed by atoms with van der Waals surface area (Å²) in [6.07, 6.45) is 14.4. The average Bonchev–Trinajstić information content (AvgIpc) is 2.60. The molecule has 144 valence electrons. The molecule has 0 spiro atoms. The van der Waals surface area contributed by atoms with Crippen molar-refractivity contribution in [1.82, 2.24) is 0 Å². The lowest BCUT2D eigenvalue weighted by atomic mass is 10.2. The van der Waals surface area contributed by atoms with Crippen LogP contribution in [0.15, 0.2) is 12.3 Å². The van der Waals surface area contributed by atoms with E-state index in [1.807, 2.05) is 5.70 Å². The zero-order valence-electron chi connectivity index (χ0n) is 16.6. The molecule has 0 atom stereocenters. The Kier molecular flexibility index (Phi) is 17.5. The highest BCUT2D eigenvalue weighted by molar-refractivity contribution is 6.66. The lowest BCUT2D eigenvalue weighted by Crippen LogP contribution is -2.45. The van der Waals surface area contributed by atoms with E-state index in [4.69, 9.17) is 13.3 Å². The monoisotopic (exact) mass is 358 g/mol. The summed E-state index contributed by atoms with van der Waals surface area (Å²) in [4.78, 5) is 0. The van der Waals surface area contributed by atoms with Crippen LogP contribution < -0.4 is 0 Å². The molecule has 0 aromatic carbocycles. The van der Waals surface area contributed by atoms with Crippen molar-refractivity contribution in [2.24, 2.45) is 0 Å². The number of hydrogen-bond acceptors (Lipinski definition) is 3. The van der Waals surface area contributed by atoms with Crippen LogP contribution in [-0.4, -0.2) is 28.6 Å². The molecule has 0 saturated heterocycles. The van der Waals surface area contributed by atoms with E-state index in [0.29, 0.717) is 0 Å². The zero-order chi connectivity index (χ0) is 17.9. The Balaban J connectivity index is 4.26. The van der Waals surface area contributed by atoms with Crippen LogP contribution >= 0.6 is 0 Å². The lowest BCUT2D eigenvalue weighted by molar-refractivity contribution is 0.0674. The molecular weight excluding hydrogens is 316 g/mol. The van der Waals surface area contributed by atoms with E-state index in [2.05, 4.69) is 27.4 Å². The first-order chi connectivity index (χ1) is 11.7. The van der Waals surface area contributed by atoms with Crippen molar-refractivity contribution < 1.29 is 13.3 Å². The maximum absolute atomic E-state index is 6.11. The van der Waals surface area contributed by atoms with Crippen molar-refractivity contribution >= 4 is 8.80 Å². The van der Waals surface area contributed by atoms with Gasteiger partial charge in [-0.3, -0.25) is 0 Å². The highest BCUT2D eigenvalue weighted by atomic mass is 28.4. The Hall–Kier alpha value is -0.163. The van der Waals surface area contributed by atoms with Crippen LogP contribution in [0.2, 0.25) is 0 Å². The lowest BCUT2D eigenvalue weighted by Gasteiger charge is -2.27. The second kappa shape index (κ2) is 17.7. The molecule has 0 bridgehead atoms. The topological polar surface area (TPSA) is 27.7 Å². The third-order valence-corrected chi connectivity index (χ3v) is 6.47. The van der Waals surface area contributed by atoms with Crippen molar-refractivity contribution in [3.63, 3.8) is 0 Å². The molecule has 0 N–H and O–H groups in total. The molecule has 4 heteroatoms. The predicted molar refractivity (Wildman–Crippen MR) is 106 cm³/mol. The van der Waals surface area contributed by atoms with Crippen molar-refractivity contribution in [2.45, 2.75) is 97.8 Å². The molecule has 0 rings (SSSR count). The van der Waals surface area contributed by atoms with Gasteiger partial charge in [-0.1, -0.05) is 85.1 Å². The number of rotatable bonds is 19. The average molecular weight is 359 g/mol. The molecule has 0 heterocycles. The van der Waals surface area contributed by atoms with Crippen molar-refractivity contribution in [3.8, 4) is 0 Å². The molecule has 0 fully saturated rings. The fourth-order valence-corrected chi connectivity index (χ4v) is 4.42. The number of unbranched alkanes of at least 4 members (excludes halogenated alkanes) is 9. The van der Waals surface area contributed by atoms with Crippen molar-refractivity contribution in [3.05, 3.63) is 12.3 Å². The SMILES string of the molecule is C=C[Si](OCCCCCC)(OCCCCCC)OCCCCCC. The fraction of sp³-hybridized carbons (Fsp3) is 0.900. The van der Waals surface area contributed by atoms with Gasteiger partial charge in [0.15, 0.2) is 0 Å². The van der Waals surface area contributed by atoms with E-state index in [-0.39, 0.29) is 0 Å². The van der Waals surface area contributed by atoms with Gasteiger partial charge in [0.2, 0.25) is 0 Å². The minimum absolute atomic E-state index is 0.724. The van der Waals surface area contributed by atoms with E-state index in [9.17, 15) is 0 Å². The van der Waals surface area contributed by atoms with Gasteiger partial charge in [-0.2, -0.15) is 0 Å². The summed E-state index contributed by atoms with van der Waals surface area (Å²) in [5.74, 6) is 0. The minimum Gasteiger partial charge on any atom is -0.370 e. The first-order valence-electron chi connectivity index (χ1n) is 10.3. The van der Waals surface area contributed by atoms with E-state index >= 15 is 0 Å². The standard InChI is InChI=1S/C20H42O3Si/c1-5-9-12-15-18-21-24(8-4,22-19-16-13-10-6-2)23-20-17-14-11-7-3/h8H,4-7,9-20H2,1-3H3. The summed E-state index contributed by atoms with van der Waals surface area (Å²) in [5, 5.41) is 0. The van der Waals surface area contributed by atoms with Crippen LogP contribution in [0.25, 0.3) is 0 Å². The molecule has 3 nitrogen and oxygen atoms in total. The molecule has 0 saturated carbocycles. The Morgan fingerprint density at radius 1 is 0.583 bits per heavy atom. The van der Waals surface area contributed by atoms with Crippen LogP contribution in [0.1, 0.15) is 97.8 Å². The summed E-state index contributed by atoms with van der Waals surface area (Å²) in [6.45, 7) is 12.8. The van der Waals surface area contributed by atoms with Crippen molar-refractivity contribution in [1.29, 1.82) is 0 Å². The Labute approximate surface area is 152 Å². The van der Waals surface area contributed by atoms with Crippen LogP contribution in [-0.2, 0) is 13.3 Å². The molecule has 0 aliphatic carbocycles. The summed E-state index contributed by atoms with van der Waals surface area (Å²) >= 11 is 0. The molecule has 0 aromatic rings. The summed E-state index contributed by atoms with van der Waals surface area (Å²) < 4.78 is 18.3. The molecule has 0 aromatic heterocycles. The van der Waals surface area contributed by atoms with Crippen LogP contribution in [0.5, 0.6) is 0 Å². The van der Waals surface area contributed by atoms with Crippen LogP contribution in [0.3, 0.4) is 0 Å². The molecule has 0 unspecified atom stereocenters. The quantitative estimate of drug-likeness (QED) is 0.196. The Bertz CT molecular complexity index is 236. The summed E-state index contributed by atoms with van der Waals surface area (Å²) in [5.41, 5.74) is 1.83. The van der Waals surface area contributed by atoms with Gasteiger partial charge in [0, 0.05) is 19.8 Å². The second-order valence-corrected chi connectivity index (χ2v) is 9.02. The first kappa shape index (κ1) is 23.8. The molecular formula is C20H42O3Si. The van der Waals surface area contributed by atoms with E-state index in [1.165, 1.54) is 57.8 Å².